The first-order chi connectivity index (χ1) is 5.45. The van der Waals surface area contributed by atoms with Crippen LogP contribution in [-0.2, 0) is 0 Å². The molecule has 1 saturated heterocycles. The van der Waals surface area contributed by atoms with Gasteiger partial charge >= 0.3 is 0 Å². The molecule has 0 N–H and O–H groups in total. The van der Waals surface area contributed by atoms with E-state index in [1.165, 1.54) is 6.33 Å². The number of aliphatic imine (C=N–C) groups is 1. The van der Waals surface area contributed by atoms with Crippen LogP contribution in [0.25, 0.3) is 0 Å². The second-order valence-electron chi connectivity index (χ2n) is 1.88. The highest BCUT2D eigenvalue weighted by atomic mass is 32.3. The second-order valence-corrected chi connectivity index (χ2v) is 4.43. The van der Waals surface area contributed by atoms with Crippen LogP contribution >= 0.6 is 23.5 Å². The average molecular weight is 183 g/mol. The van der Waals surface area contributed by atoms with E-state index in [1.807, 2.05) is 0 Å². The Morgan fingerprint density at radius 1 is 1.27 bits per heavy atom. The minimum atomic E-state index is 0.835. The van der Waals surface area contributed by atoms with Gasteiger partial charge in [0.25, 0.3) is 0 Å². The molecule has 0 aliphatic carbocycles. The molecule has 0 radical (unpaired) electrons. The molecular formula is C6H5N3S2. The van der Waals surface area contributed by atoms with Gasteiger partial charge in [-0.25, -0.2) is 15.0 Å². The molecule has 2 rings (SSSR count). The highest BCUT2D eigenvalue weighted by Gasteiger charge is 2.11. The summed E-state index contributed by atoms with van der Waals surface area (Å²) in [6, 6.07) is 0. The summed E-state index contributed by atoms with van der Waals surface area (Å²) in [5.74, 6) is 0. The minimum Gasteiger partial charge on any atom is -0.243 e. The van der Waals surface area contributed by atoms with Gasteiger partial charge in [-0.2, -0.15) is 0 Å². The first-order valence-electron chi connectivity index (χ1n) is 3.04. The summed E-state index contributed by atoms with van der Waals surface area (Å²) in [4.78, 5) is 12.0. The normalized spacial score (nSPS) is 15.8. The van der Waals surface area contributed by atoms with Crippen molar-refractivity contribution in [3.05, 3.63) is 18.7 Å². The van der Waals surface area contributed by atoms with E-state index in [0.717, 1.165) is 15.1 Å². The largest absolute Gasteiger partial charge is 0.243 e. The molecule has 56 valence electrons. The lowest BCUT2D eigenvalue weighted by molar-refractivity contribution is 1.16. The Labute approximate surface area is 72.7 Å². The van der Waals surface area contributed by atoms with Gasteiger partial charge in [-0.3, -0.25) is 0 Å². The molecule has 11 heavy (non-hydrogen) atoms. The summed E-state index contributed by atoms with van der Waals surface area (Å²) in [6.07, 6.45) is 4.92. The Hall–Kier alpha value is -0.550. The van der Waals surface area contributed by atoms with Crippen LogP contribution in [0.3, 0.4) is 0 Å². The molecular weight excluding hydrogens is 178 g/mol. The predicted molar refractivity (Wildman–Crippen MR) is 49.2 cm³/mol. The standard InChI is InChI=1S/C6H5N3S2/c1-5(2-8-3-7-1)9-6-10-4-11-6/h1-3H,4H2. The van der Waals surface area contributed by atoms with E-state index in [1.54, 1.807) is 35.9 Å². The fourth-order valence-electron chi connectivity index (χ4n) is 0.631. The van der Waals surface area contributed by atoms with Crippen LogP contribution < -0.4 is 0 Å². The highest BCUT2D eigenvalue weighted by Crippen LogP contribution is 2.34. The molecule has 1 fully saturated rings. The quantitative estimate of drug-likeness (QED) is 0.666. The number of hydrogen-bond acceptors (Lipinski definition) is 5. The van der Waals surface area contributed by atoms with Crippen LogP contribution in [0.5, 0.6) is 0 Å². The summed E-state index contributed by atoms with van der Waals surface area (Å²) < 4.78 is 1.11. The Morgan fingerprint density at radius 2 is 2.00 bits per heavy atom. The van der Waals surface area contributed by atoms with Gasteiger partial charge < -0.3 is 0 Å². The maximum atomic E-state index is 4.28. The van der Waals surface area contributed by atoms with Crippen LogP contribution in [-0.4, -0.2) is 19.4 Å². The number of rotatable bonds is 1. The monoisotopic (exact) mass is 183 g/mol. The van der Waals surface area contributed by atoms with Crippen molar-refractivity contribution >= 4 is 33.6 Å². The van der Waals surface area contributed by atoms with Crippen molar-refractivity contribution in [2.45, 2.75) is 0 Å². The minimum absolute atomic E-state index is 0.835. The lowest BCUT2D eigenvalue weighted by Crippen LogP contribution is -1.96. The summed E-state index contributed by atoms with van der Waals surface area (Å²) in [7, 11) is 0. The number of aromatic nitrogens is 2. The number of thioether (sulfide) groups is 2. The van der Waals surface area contributed by atoms with Gasteiger partial charge in [0.05, 0.1) is 17.5 Å². The molecule has 5 heteroatoms. The Bertz CT molecular complexity index is 266. The summed E-state index contributed by atoms with van der Waals surface area (Å²) >= 11 is 3.52. The van der Waals surface area contributed by atoms with Crippen molar-refractivity contribution in [1.82, 2.24) is 9.97 Å². The first kappa shape index (κ1) is 7.12. The fraction of sp³-hybridized carbons (Fsp3) is 0.167. The highest BCUT2D eigenvalue weighted by molar-refractivity contribution is 8.52. The topological polar surface area (TPSA) is 38.1 Å². The van der Waals surface area contributed by atoms with Gasteiger partial charge in [0.2, 0.25) is 0 Å². The number of hydrogen-bond donors (Lipinski definition) is 0. The van der Waals surface area contributed by atoms with Gasteiger partial charge in [0, 0.05) is 0 Å². The average Bonchev–Trinajstić information content (AvgIpc) is 1.99. The van der Waals surface area contributed by atoms with Crippen LogP contribution in [0.15, 0.2) is 23.7 Å². The molecule has 3 nitrogen and oxygen atoms in total. The summed E-state index contributed by atoms with van der Waals surface area (Å²) in [5.41, 5.74) is 0.835. The smallest absolute Gasteiger partial charge is 0.132 e. The predicted octanol–water partition coefficient (Wildman–Crippen LogP) is 1.90. The first-order valence-corrected chi connectivity index (χ1v) is 5.01. The zero-order valence-electron chi connectivity index (χ0n) is 5.60. The van der Waals surface area contributed by atoms with Crippen LogP contribution in [0.2, 0.25) is 0 Å². The maximum absolute atomic E-state index is 4.28. The summed E-state index contributed by atoms with van der Waals surface area (Å²) in [6.45, 7) is 0. The Kier molecular flexibility index (Phi) is 2.09. The number of nitrogens with zero attached hydrogens (tertiary/aromatic N) is 3. The zero-order valence-corrected chi connectivity index (χ0v) is 7.23. The van der Waals surface area contributed by atoms with E-state index >= 15 is 0 Å². The third kappa shape index (κ3) is 1.72. The summed E-state index contributed by atoms with van der Waals surface area (Å²) in [5, 5.41) is 1.12. The van der Waals surface area contributed by atoms with E-state index in [9.17, 15) is 0 Å². The maximum Gasteiger partial charge on any atom is 0.132 e. The third-order valence-electron chi connectivity index (χ3n) is 1.13. The van der Waals surface area contributed by atoms with E-state index in [4.69, 9.17) is 0 Å². The molecule has 0 saturated carbocycles. The van der Waals surface area contributed by atoms with E-state index < -0.39 is 0 Å². The lowest BCUT2D eigenvalue weighted by Gasteiger charge is -2.11. The van der Waals surface area contributed by atoms with E-state index in [-0.39, 0.29) is 0 Å². The van der Waals surface area contributed by atoms with E-state index in [2.05, 4.69) is 15.0 Å². The zero-order chi connectivity index (χ0) is 7.52. The van der Waals surface area contributed by atoms with Crippen molar-refractivity contribution < 1.29 is 0 Å². The van der Waals surface area contributed by atoms with Gasteiger partial charge in [-0.1, -0.05) is 23.5 Å². The molecule has 2 heterocycles. The van der Waals surface area contributed by atoms with Crippen molar-refractivity contribution in [2.24, 2.45) is 4.99 Å². The molecule has 0 spiro atoms. The third-order valence-corrected chi connectivity index (χ3v) is 3.46. The molecule has 0 bridgehead atoms. The van der Waals surface area contributed by atoms with Crippen molar-refractivity contribution in [3.8, 4) is 0 Å². The van der Waals surface area contributed by atoms with Gasteiger partial charge in [-0.15, -0.1) is 0 Å². The SMILES string of the molecule is c1ncc(N=C2SCS2)cn1. The van der Waals surface area contributed by atoms with E-state index in [0.29, 0.717) is 0 Å². The van der Waals surface area contributed by atoms with Crippen LogP contribution in [0, 0.1) is 0 Å². The molecule has 0 amide bonds. The molecule has 1 aliphatic heterocycles. The second kappa shape index (κ2) is 3.23. The van der Waals surface area contributed by atoms with Gasteiger partial charge in [-0.05, 0) is 0 Å². The van der Waals surface area contributed by atoms with Gasteiger partial charge in [0.1, 0.15) is 16.4 Å². The molecule has 1 aliphatic rings. The molecule has 0 atom stereocenters. The fourth-order valence-corrected chi connectivity index (χ4v) is 1.86. The molecule has 1 aromatic heterocycles. The Balaban J connectivity index is 2.17. The van der Waals surface area contributed by atoms with Crippen molar-refractivity contribution in [1.29, 1.82) is 0 Å². The molecule has 1 aromatic rings. The molecule has 0 aromatic carbocycles. The van der Waals surface area contributed by atoms with Crippen LogP contribution in [0.1, 0.15) is 0 Å². The lowest BCUT2D eigenvalue weighted by atomic mass is 10.6. The van der Waals surface area contributed by atoms with Crippen molar-refractivity contribution in [3.63, 3.8) is 0 Å². The molecule has 0 unspecified atom stereocenters. The van der Waals surface area contributed by atoms with Crippen molar-refractivity contribution in [2.75, 3.05) is 5.08 Å². The Morgan fingerprint density at radius 3 is 2.55 bits per heavy atom. The van der Waals surface area contributed by atoms with Gasteiger partial charge in [0.15, 0.2) is 0 Å². The van der Waals surface area contributed by atoms with Crippen LogP contribution in [0.4, 0.5) is 5.69 Å².